The molecule has 0 saturated carbocycles. The fourth-order valence-electron chi connectivity index (χ4n) is 2.27. The summed E-state index contributed by atoms with van der Waals surface area (Å²) in [7, 11) is 1.64. The van der Waals surface area contributed by atoms with Crippen molar-refractivity contribution < 1.29 is 9.53 Å². The van der Waals surface area contributed by atoms with E-state index >= 15 is 0 Å². The third-order valence-corrected chi connectivity index (χ3v) is 3.55. The number of rotatable bonds is 8. The van der Waals surface area contributed by atoms with E-state index in [1.165, 1.54) is 11.1 Å². The molecule has 1 aromatic carbocycles. The van der Waals surface area contributed by atoms with Gasteiger partial charge in [0.05, 0.1) is 13.4 Å². The molecule has 1 N–H and O–H groups in total. The second-order valence-corrected chi connectivity index (χ2v) is 5.22. The van der Waals surface area contributed by atoms with Gasteiger partial charge in [0.1, 0.15) is 0 Å². The molecule has 0 spiro atoms. The number of methoxy groups -OCH3 is 1. The zero-order valence-corrected chi connectivity index (χ0v) is 13.7. The Morgan fingerprint density at radius 3 is 2.67 bits per heavy atom. The minimum Gasteiger partial charge on any atom is -0.504 e. The van der Waals surface area contributed by atoms with Crippen LogP contribution in [0.5, 0.6) is 0 Å². The molecule has 0 aliphatic heterocycles. The molecule has 3 nitrogen and oxygen atoms in total. The molecule has 21 heavy (non-hydrogen) atoms. The summed E-state index contributed by atoms with van der Waals surface area (Å²) in [6.45, 7) is 7.08. The maximum absolute atomic E-state index is 11.7. The first kappa shape index (κ1) is 17.3. The Balaban J connectivity index is 2.78. The van der Waals surface area contributed by atoms with Gasteiger partial charge in [0, 0.05) is 13.0 Å². The predicted octanol–water partition coefficient (Wildman–Crippen LogP) is 3.85. The van der Waals surface area contributed by atoms with Crippen molar-refractivity contribution in [1.82, 2.24) is 5.32 Å². The van der Waals surface area contributed by atoms with E-state index in [0.29, 0.717) is 12.8 Å². The second-order valence-electron chi connectivity index (χ2n) is 5.22. The van der Waals surface area contributed by atoms with E-state index in [4.69, 9.17) is 4.74 Å². The quantitative estimate of drug-likeness (QED) is 0.738. The van der Waals surface area contributed by atoms with Crippen LogP contribution in [0.3, 0.4) is 0 Å². The molecule has 1 aromatic rings. The summed E-state index contributed by atoms with van der Waals surface area (Å²) in [5.74, 6) is 0.0988. The van der Waals surface area contributed by atoms with Gasteiger partial charge in [-0.25, -0.2) is 0 Å². The average molecular weight is 289 g/mol. The van der Waals surface area contributed by atoms with Gasteiger partial charge >= 0.3 is 0 Å². The van der Waals surface area contributed by atoms with Crippen molar-refractivity contribution >= 4 is 11.5 Å². The summed E-state index contributed by atoms with van der Waals surface area (Å²) in [6, 6.07) is 6.43. The molecule has 0 saturated heterocycles. The van der Waals surface area contributed by atoms with Crippen LogP contribution in [-0.4, -0.2) is 19.6 Å². The molecule has 0 aliphatic rings. The Bertz CT molecular complexity index is 492. The third-order valence-electron chi connectivity index (χ3n) is 3.55. The number of ether oxygens (including phenoxy) is 1. The largest absolute Gasteiger partial charge is 0.504 e. The zero-order valence-electron chi connectivity index (χ0n) is 13.7. The molecule has 0 unspecified atom stereocenters. The van der Waals surface area contributed by atoms with E-state index in [0.717, 1.165) is 30.5 Å². The van der Waals surface area contributed by atoms with Gasteiger partial charge in [-0.2, -0.15) is 0 Å². The number of carbonyl (C=O) groups excluding carboxylic acids is 1. The van der Waals surface area contributed by atoms with Gasteiger partial charge in [-0.15, -0.1) is 0 Å². The number of nitrogens with one attached hydrogen (secondary N) is 1. The van der Waals surface area contributed by atoms with E-state index < -0.39 is 0 Å². The van der Waals surface area contributed by atoms with Crippen LogP contribution >= 0.6 is 0 Å². The van der Waals surface area contributed by atoms with Gasteiger partial charge in [0.25, 0.3) is 0 Å². The molecule has 0 fully saturated rings. The van der Waals surface area contributed by atoms with Gasteiger partial charge in [0.15, 0.2) is 0 Å². The zero-order chi connectivity index (χ0) is 15.7. The van der Waals surface area contributed by atoms with Crippen LogP contribution in [-0.2, 0) is 16.0 Å². The van der Waals surface area contributed by atoms with Gasteiger partial charge in [-0.1, -0.05) is 32.0 Å². The minimum absolute atomic E-state index is 0.0988. The smallest absolute Gasteiger partial charge is 0.220 e. The monoisotopic (exact) mass is 289 g/mol. The average Bonchev–Trinajstić information content (AvgIpc) is 2.50. The Morgan fingerprint density at radius 1 is 1.29 bits per heavy atom. The van der Waals surface area contributed by atoms with Gasteiger partial charge in [0.2, 0.25) is 5.91 Å². The summed E-state index contributed by atoms with van der Waals surface area (Å²) in [6.07, 6.45) is 4.90. The first-order valence-electron chi connectivity index (χ1n) is 7.70. The number of hydrogen-bond acceptors (Lipinski definition) is 2. The second kappa shape index (κ2) is 9.22. The summed E-state index contributed by atoms with van der Waals surface area (Å²) in [5, 5.41) is 2.91. The molecule has 0 heterocycles. The summed E-state index contributed by atoms with van der Waals surface area (Å²) in [4.78, 5) is 11.7. The van der Waals surface area contributed by atoms with Crippen LogP contribution < -0.4 is 5.32 Å². The van der Waals surface area contributed by atoms with Crippen molar-refractivity contribution in [3.63, 3.8) is 0 Å². The topological polar surface area (TPSA) is 38.3 Å². The van der Waals surface area contributed by atoms with E-state index in [1.54, 1.807) is 13.4 Å². The number of amides is 1. The maximum Gasteiger partial charge on any atom is 0.220 e. The lowest BCUT2D eigenvalue weighted by molar-refractivity contribution is -0.120. The van der Waals surface area contributed by atoms with Crippen LogP contribution in [0.2, 0.25) is 0 Å². The standard InChI is InChI=1S/C18H27NO2/c1-5-11-19-18(20)10-9-17(13-21-4)16-8-7-14(3)15(6-2)12-16/h7-8,12-13H,5-6,9-11H2,1-4H3,(H,19,20)/b17-13+. The van der Waals surface area contributed by atoms with Gasteiger partial charge < -0.3 is 10.1 Å². The molecular weight excluding hydrogens is 262 g/mol. The molecular formula is C18H27NO2. The Hall–Kier alpha value is -1.77. The van der Waals surface area contributed by atoms with E-state index in [1.807, 2.05) is 0 Å². The number of carbonyl (C=O) groups is 1. The van der Waals surface area contributed by atoms with Crippen LogP contribution in [0, 0.1) is 6.92 Å². The predicted molar refractivity (Wildman–Crippen MR) is 88.1 cm³/mol. The van der Waals surface area contributed by atoms with Crippen molar-refractivity contribution in [1.29, 1.82) is 0 Å². The number of hydrogen-bond donors (Lipinski definition) is 1. The Labute approximate surface area is 128 Å². The lowest BCUT2D eigenvalue weighted by atomic mass is 9.96. The van der Waals surface area contributed by atoms with Gasteiger partial charge in [-0.05, 0) is 48.4 Å². The van der Waals surface area contributed by atoms with Crippen molar-refractivity contribution in [3.05, 3.63) is 41.2 Å². The molecule has 0 aromatic heterocycles. The summed E-state index contributed by atoms with van der Waals surface area (Å²) >= 11 is 0. The molecule has 0 atom stereocenters. The molecule has 1 rings (SSSR count). The lowest BCUT2D eigenvalue weighted by Gasteiger charge is -2.11. The first-order valence-corrected chi connectivity index (χ1v) is 7.70. The molecule has 0 bridgehead atoms. The van der Waals surface area contributed by atoms with Crippen LogP contribution in [0.1, 0.15) is 49.8 Å². The van der Waals surface area contributed by atoms with Gasteiger partial charge in [-0.3, -0.25) is 4.79 Å². The van der Waals surface area contributed by atoms with Crippen molar-refractivity contribution in [2.24, 2.45) is 0 Å². The van der Waals surface area contributed by atoms with Crippen LogP contribution in [0.4, 0.5) is 0 Å². The lowest BCUT2D eigenvalue weighted by Crippen LogP contribution is -2.23. The highest BCUT2D eigenvalue weighted by Gasteiger charge is 2.08. The fourth-order valence-corrected chi connectivity index (χ4v) is 2.27. The number of allylic oxidation sites excluding steroid dienone is 1. The Kier molecular flexibility index (Phi) is 7.59. The van der Waals surface area contributed by atoms with Crippen molar-refractivity contribution in [3.8, 4) is 0 Å². The van der Waals surface area contributed by atoms with E-state index in [2.05, 4.69) is 44.3 Å². The highest BCUT2D eigenvalue weighted by Crippen LogP contribution is 2.23. The van der Waals surface area contributed by atoms with Crippen LogP contribution in [0.25, 0.3) is 5.57 Å². The van der Waals surface area contributed by atoms with Crippen molar-refractivity contribution in [2.45, 2.75) is 46.5 Å². The van der Waals surface area contributed by atoms with E-state index in [-0.39, 0.29) is 5.91 Å². The van der Waals surface area contributed by atoms with Crippen LogP contribution in [0.15, 0.2) is 24.5 Å². The molecule has 0 radical (unpaired) electrons. The number of benzene rings is 1. The maximum atomic E-state index is 11.7. The van der Waals surface area contributed by atoms with E-state index in [9.17, 15) is 4.79 Å². The first-order chi connectivity index (χ1) is 10.1. The van der Waals surface area contributed by atoms with Crippen molar-refractivity contribution in [2.75, 3.05) is 13.7 Å². The highest BCUT2D eigenvalue weighted by molar-refractivity contribution is 5.78. The highest BCUT2D eigenvalue weighted by atomic mass is 16.5. The number of aryl methyl sites for hydroxylation is 2. The minimum atomic E-state index is 0.0988. The SMILES string of the molecule is CCCNC(=O)CC/C(=C\OC)c1ccc(C)c(CC)c1. The normalized spacial score (nSPS) is 11.3. The molecule has 1 amide bonds. The Morgan fingerprint density at radius 2 is 2.05 bits per heavy atom. The summed E-state index contributed by atoms with van der Waals surface area (Å²) in [5.41, 5.74) is 4.85. The molecule has 0 aliphatic carbocycles. The molecule has 3 heteroatoms. The third kappa shape index (κ3) is 5.62. The summed E-state index contributed by atoms with van der Waals surface area (Å²) < 4.78 is 5.18. The molecule has 116 valence electrons. The fraction of sp³-hybridized carbons (Fsp3) is 0.500.